The molecule has 0 aliphatic heterocycles. The summed E-state index contributed by atoms with van der Waals surface area (Å²) in [4.78, 5) is 0. The highest BCUT2D eigenvalue weighted by molar-refractivity contribution is 5.16. The Labute approximate surface area is 65.5 Å². The summed E-state index contributed by atoms with van der Waals surface area (Å²) in [6, 6.07) is 1.41. The Morgan fingerprint density at radius 3 is 2.36 bits per heavy atom. The molecule has 0 bridgehead atoms. The van der Waals surface area contributed by atoms with E-state index < -0.39 is 5.95 Å². The van der Waals surface area contributed by atoms with Gasteiger partial charge in [0.2, 0.25) is 5.95 Å². The van der Waals surface area contributed by atoms with Crippen LogP contribution in [0.1, 0.15) is 26.3 Å². The lowest BCUT2D eigenvalue weighted by atomic mass is 9.89. The zero-order chi connectivity index (χ0) is 8.48. The average molecular weight is 154 g/mol. The molecular weight excluding hydrogens is 143 g/mol. The molecule has 60 valence electrons. The third kappa shape index (κ3) is 1.97. The number of halogens is 1. The number of hydrogen-bond donors (Lipinski definition) is 0. The predicted molar refractivity (Wildman–Crippen MR) is 40.7 cm³/mol. The van der Waals surface area contributed by atoms with Crippen LogP contribution in [-0.2, 0) is 5.41 Å². The Morgan fingerprint density at radius 2 is 2.00 bits per heavy atom. The van der Waals surface area contributed by atoms with Gasteiger partial charge in [-0.1, -0.05) is 20.8 Å². The highest BCUT2D eigenvalue weighted by Gasteiger charge is 2.14. The first-order valence-corrected chi connectivity index (χ1v) is 3.49. The van der Waals surface area contributed by atoms with Crippen LogP contribution >= 0.6 is 0 Å². The van der Waals surface area contributed by atoms with E-state index in [1.54, 1.807) is 6.20 Å². The molecule has 0 saturated heterocycles. The van der Waals surface area contributed by atoms with E-state index in [-0.39, 0.29) is 5.41 Å². The van der Waals surface area contributed by atoms with E-state index in [4.69, 9.17) is 0 Å². The van der Waals surface area contributed by atoms with Crippen molar-refractivity contribution in [2.24, 2.45) is 0 Å². The molecule has 0 N–H and O–H groups in total. The van der Waals surface area contributed by atoms with Crippen LogP contribution in [0, 0.1) is 5.95 Å². The Morgan fingerprint density at radius 1 is 1.36 bits per heavy atom. The summed E-state index contributed by atoms with van der Waals surface area (Å²) < 4.78 is 12.5. The maximum atomic E-state index is 12.5. The fourth-order valence-corrected chi connectivity index (χ4v) is 0.751. The van der Waals surface area contributed by atoms with Gasteiger partial charge in [0, 0.05) is 6.07 Å². The van der Waals surface area contributed by atoms with Gasteiger partial charge in [0.15, 0.2) is 0 Å². The standard InChI is InChI=1S/C8H11FN2/c1-8(2,3)6-4-7(9)11-10-5-6/h4-5H,1-3H3. The van der Waals surface area contributed by atoms with Crippen molar-refractivity contribution in [2.45, 2.75) is 26.2 Å². The highest BCUT2D eigenvalue weighted by Crippen LogP contribution is 2.20. The fraction of sp³-hybridized carbons (Fsp3) is 0.500. The number of hydrogen-bond acceptors (Lipinski definition) is 2. The molecule has 1 aromatic rings. The van der Waals surface area contributed by atoms with Crippen LogP contribution in [0.5, 0.6) is 0 Å². The van der Waals surface area contributed by atoms with Gasteiger partial charge in [0.05, 0.1) is 6.20 Å². The molecule has 0 aromatic carbocycles. The van der Waals surface area contributed by atoms with Crippen molar-refractivity contribution < 1.29 is 4.39 Å². The molecule has 0 radical (unpaired) electrons. The van der Waals surface area contributed by atoms with Crippen molar-refractivity contribution in [3.05, 3.63) is 23.8 Å². The normalized spacial score (nSPS) is 11.6. The Kier molecular flexibility index (Phi) is 1.89. The molecule has 1 rings (SSSR count). The van der Waals surface area contributed by atoms with Crippen molar-refractivity contribution >= 4 is 0 Å². The minimum Gasteiger partial charge on any atom is -0.183 e. The number of rotatable bonds is 0. The summed E-state index contributed by atoms with van der Waals surface area (Å²) in [6.07, 6.45) is 1.59. The minimum atomic E-state index is -0.516. The van der Waals surface area contributed by atoms with Gasteiger partial charge in [0.25, 0.3) is 0 Å². The molecule has 0 aliphatic rings. The maximum absolute atomic E-state index is 12.5. The summed E-state index contributed by atoms with van der Waals surface area (Å²) >= 11 is 0. The summed E-state index contributed by atoms with van der Waals surface area (Å²) in [5.74, 6) is -0.516. The molecule has 0 amide bonds. The molecule has 0 aliphatic carbocycles. The first-order valence-electron chi connectivity index (χ1n) is 3.49. The number of aromatic nitrogens is 2. The SMILES string of the molecule is CC(C)(C)c1cnnc(F)c1. The lowest BCUT2D eigenvalue weighted by molar-refractivity contribution is 0.532. The van der Waals surface area contributed by atoms with Gasteiger partial charge < -0.3 is 0 Å². The van der Waals surface area contributed by atoms with Crippen molar-refractivity contribution in [3.63, 3.8) is 0 Å². The van der Waals surface area contributed by atoms with E-state index in [0.29, 0.717) is 0 Å². The molecule has 0 fully saturated rings. The van der Waals surface area contributed by atoms with Crippen LogP contribution in [-0.4, -0.2) is 10.2 Å². The van der Waals surface area contributed by atoms with E-state index in [1.165, 1.54) is 6.07 Å². The first-order chi connectivity index (χ1) is 5.00. The Balaban J connectivity index is 3.06. The van der Waals surface area contributed by atoms with E-state index >= 15 is 0 Å². The molecule has 0 unspecified atom stereocenters. The van der Waals surface area contributed by atoms with E-state index in [2.05, 4.69) is 10.2 Å². The van der Waals surface area contributed by atoms with E-state index in [0.717, 1.165) is 5.56 Å². The van der Waals surface area contributed by atoms with Gasteiger partial charge in [-0.05, 0) is 11.0 Å². The Bertz CT molecular complexity index is 253. The van der Waals surface area contributed by atoms with Gasteiger partial charge in [-0.3, -0.25) is 0 Å². The molecule has 1 heterocycles. The fourth-order valence-electron chi connectivity index (χ4n) is 0.751. The van der Waals surface area contributed by atoms with Crippen LogP contribution in [0.3, 0.4) is 0 Å². The van der Waals surface area contributed by atoms with Crippen LogP contribution in [0.4, 0.5) is 4.39 Å². The molecule has 0 saturated carbocycles. The molecule has 1 aromatic heterocycles. The van der Waals surface area contributed by atoms with Gasteiger partial charge >= 0.3 is 0 Å². The third-order valence-corrected chi connectivity index (χ3v) is 1.49. The topological polar surface area (TPSA) is 25.8 Å². The van der Waals surface area contributed by atoms with Crippen LogP contribution in [0.15, 0.2) is 12.3 Å². The van der Waals surface area contributed by atoms with E-state index in [9.17, 15) is 4.39 Å². The van der Waals surface area contributed by atoms with Crippen molar-refractivity contribution in [2.75, 3.05) is 0 Å². The van der Waals surface area contributed by atoms with Crippen molar-refractivity contribution in [1.82, 2.24) is 10.2 Å². The summed E-state index contributed by atoms with van der Waals surface area (Å²) in [5, 5.41) is 6.76. The van der Waals surface area contributed by atoms with Crippen LogP contribution in [0.2, 0.25) is 0 Å². The maximum Gasteiger partial charge on any atom is 0.233 e. The lowest BCUT2D eigenvalue weighted by Gasteiger charge is -2.17. The zero-order valence-corrected chi connectivity index (χ0v) is 6.93. The van der Waals surface area contributed by atoms with Gasteiger partial charge in [-0.15, -0.1) is 5.10 Å². The largest absolute Gasteiger partial charge is 0.233 e. The highest BCUT2D eigenvalue weighted by atomic mass is 19.1. The Hall–Kier alpha value is -0.990. The summed E-state index contributed by atoms with van der Waals surface area (Å²) in [7, 11) is 0. The molecule has 2 nitrogen and oxygen atoms in total. The molecular formula is C8H11FN2. The molecule has 0 spiro atoms. The monoisotopic (exact) mass is 154 g/mol. The van der Waals surface area contributed by atoms with Gasteiger partial charge in [-0.25, -0.2) is 0 Å². The first kappa shape index (κ1) is 8.11. The minimum absolute atomic E-state index is 0.0588. The quantitative estimate of drug-likeness (QED) is 0.570. The van der Waals surface area contributed by atoms with Crippen molar-refractivity contribution in [3.8, 4) is 0 Å². The van der Waals surface area contributed by atoms with Gasteiger partial charge in [0.1, 0.15) is 0 Å². The van der Waals surface area contributed by atoms with E-state index in [1.807, 2.05) is 20.8 Å². The van der Waals surface area contributed by atoms with Crippen molar-refractivity contribution in [1.29, 1.82) is 0 Å². The molecule has 11 heavy (non-hydrogen) atoms. The second kappa shape index (κ2) is 2.57. The summed E-state index contributed by atoms with van der Waals surface area (Å²) in [5.41, 5.74) is 0.807. The second-order valence-corrected chi connectivity index (χ2v) is 3.52. The lowest BCUT2D eigenvalue weighted by Crippen LogP contribution is -2.12. The summed E-state index contributed by atoms with van der Waals surface area (Å²) in [6.45, 7) is 6.01. The van der Waals surface area contributed by atoms with Gasteiger partial charge in [-0.2, -0.15) is 9.49 Å². The predicted octanol–water partition coefficient (Wildman–Crippen LogP) is 1.91. The van der Waals surface area contributed by atoms with Crippen LogP contribution < -0.4 is 0 Å². The average Bonchev–Trinajstić information content (AvgIpc) is 1.86. The third-order valence-electron chi connectivity index (χ3n) is 1.49. The molecule has 0 atom stereocenters. The second-order valence-electron chi connectivity index (χ2n) is 3.52. The smallest absolute Gasteiger partial charge is 0.183 e. The number of nitrogens with zero attached hydrogens (tertiary/aromatic N) is 2. The zero-order valence-electron chi connectivity index (χ0n) is 6.93. The van der Waals surface area contributed by atoms with Crippen LogP contribution in [0.25, 0.3) is 0 Å². The molecule has 3 heteroatoms.